The largest absolute Gasteiger partial charge is 0.472 e. The number of ketones is 2. The molecule has 648 valence electrons. The van der Waals surface area contributed by atoms with Crippen LogP contribution in [0.1, 0.15) is 382 Å². The van der Waals surface area contributed by atoms with Gasteiger partial charge in [0.25, 0.3) is 0 Å². The average Bonchev–Trinajstić information content (AvgIpc) is 0.911. The quantitative estimate of drug-likeness (QED) is 0.0108. The van der Waals surface area contributed by atoms with Crippen molar-refractivity contribution in [1.29, 1.82) is 0 Å². The summed E-state index contributed by atoms with van der Waals surface area (Å²) in [7, 11) is -9.66. The molecule has 0 spiro atoms. The van der Waals surface area contributed by atoms with E-state index in [4.69, 9.17) is 37.0 Å². The zero-order chi connectivity index (χ0) is 81.8. The number of phosphoric ester groups is 2. The molecule has 24 nitrogen and oxygen atoms in total. The third kappa shape index (κ3) is 74.4. The summed E-state index contributed by atoms with van der Waals surface area (Å²) in [6, 6.07) is -2.00. The summed E-state index contributed by atoms with van der Waals surface area (Å²) in [6.07, 6.45) is 53.7. The highest BCUT2D eigenvalue weighted by Gasteiger charge is 2.28. The van der Waals surface area contributed by atoms with Crippen LogP contribution in [0.25, 0.3) is 0 Å². The molecule has 0 aliphatic carbocycles. The third-order valence-corrected chi connectivity index (χ3v) is 21.0. The number of rotatable bonds is 84. The van der Waals surface area contributed by atoms with Gasteiger partial charge in [-0.15, -0.1) is 0 Å². The van der Waals surface area contributed by atoms with Crippen molar-refractivity contribution in [2.24, 2.45) is 0 Å². The zero-order valence-electron chi connectivity index (χ0n) is 70.3. The minimum atomic E-state index is -4.83. The van der Waals surface area contributed by atoms with E-state index >= 15 is 0 Å². The van der Waals surface area contributed by atoms with E-state index in [1.165, 1.54) is 89.9 Å². The summed E-state index contributed by atoms with van der Waals surface area (Å²) in [5, 5.41) is 10.2. The number of carbonyl (C=O) groups is 8. The number of esters is 2. The summed E-state index contributed by atoms with van der Waals surface area (Å²) >= 11 is 0. The van der Waals surface area contributed by atoms with Crippen LogP contribution in [0.2, 0.25) is 0 Å². The number of hydrogen-bond acceptors (Lipinski definition) is 18. The van der Waals surface area contributed by atoms with Crippen LogP contribution in [0.5, 0.6) is 0 Å². The Hall–Kier alpha value is -4.22. The second-order valence-electron chi connectivity index (χ2n) is 30.0. The Morgan fingerprint density at radius 1 is 0.315 bits per heavy atom. The van der Waals surface area contributed by atoms with E-state index in [1.807, 2.05) is 0 Å². The highest BCUT2D eigenvalue weighted by molar-refractivity contribution is 7.47. The molecule has 26 heteroatoms. The summed E-state index contributed by atoms with van der Waals surface area (Å²) in [5.41, 5.74) is 0. The van der Waals surface area contributed by atoms with Crippen molar-refractivity contribution < 1.29 is 94.3 Å². The van der Waals surface area contributed by atoms with Gasteiger partial charge in [-0.05, 0) is 89.9 Å². The van der Waals surface area contributed by atoms with E-state index in [0.717, 1.165) is 154 Å². The molecule has 111 heavy (non-hydrogen) atoms. The molecule has 0 aliphatic rings. The Kier molecular flexibility index (Phi) is 74.1. The first kappa shape index (κ1) is 107. The molecular weight excluding hydrogens is 1460 g/mol. The van der Waals surface area contributed by atoms with E-state index in [0.29, 0.717) is 64.2 Å². The maximum absolute atomic E-state index is 13.3. The molecule has 0 radical (unpaired) electrons. The molecule has 0 aromatic heterocycles. The lowest BCUT2D eigenvalue weighted by molar-refractivity contribution is -0.151. The standard InChI is InChI=1S/C85H158N4O20P2/c1-7-13-19-25-29-33-37-43-47-53-76(90)67-82(94)88-74(70-102-63-59-78(55-49-41-23-17-11-5)108-84(96)57-51-45-39-35-31-27-21-15-9-3)72-106-110(98,99)104-65-61-86-80(92)69-81(93)87-62-66-105-111(100,101)107-73-75(89-83(95)68-77(91)54-48-44-38-34-30-26-20-14-8-2)71-103-64-60-79(56-50-42-24-18-12-6)109-85(97)58-52-46-40-36-32-28-22-16-10-4/h35-36,39-40,74-75,78-79H,7-34,37-38,41-73H2,1-6H3,(H,86,92)(H,87,93)(H,88,94)(H,89,95)(H,98,99)(H,100,101)/b39-35+,40-36+/t74-,75-,78+,79+/m0/s1. The number of Topliss-reactive ketones (excluding diaryl/α,β-unsaturated/α-hetero) is 2. The molecule has 0 saturated heterocycles. The fraction of sp³-hybridized carbons (Fsp3) is 0.859. The van der Waals surface area contributed by atoms with Crippen LogP contribution in [0.3, 0.4) is 0 Å². The van der Waals surface area contributed by atoms with E-state index in [9.17, 15) is 57.3 Å². The summed E-state index contributed by atoms with van der Waals surface area (Å²) in [6.45, 7) is 10.1. The third-order valence-electron chi connectivity index (χ3n) is 19.1. The fourth-order valence-electron chi connectivity index (χ4n) is 12.5. The van der Waals surface area contributed by atoms with Crippen LogP contribution in [-0.4, -0.2) is 147 Å². The SMILES string of the molecule is CCCCCC/C=C/CCCC(=O)O[C@H](CCCCCCC)CCOC[C@@H](COP(=O)(O)OCCNC(=O)CC(=O)NCCOP(=O)(O)OC[C@H](COCC[C@@H](CCCCCCC)OC(=O)CCC/C=C/CCCCCC)NC(=O)CC(=O)CCCCCCCCCCC)NC(=O)CC(=O)CCCCCCCCCCC. The second-order valence-corrected chi connectivity index (χ2v) is 32.9. The predicted molar refractivity (Wildman–Crippen MR) is 442 cm³/mol. The van der Waals surface area contributed by atoms with Gasteiger partial charge in [0.1, 0.15) is 30.2 Å². The first-order valence-electron chi connectivity index (χ1n) is 43.9. The van der Waals surface area contributed by atoms with Crippen LogP contribution in [-0.2, 0) is 84.5 Å². The maximum atomic E-state index is 13.3. The number of unbranched alkanes of at least 4 members (excludes halogenated alkanes) is 34. The van der Waals surface area contributed by atoms with Gasteiger partial charge in [0.15, 0.2) is 0 Å². The van der Waals surface area contributed by atoms with Crippen molar-refractivity contribution in [2.75, 3.05) is 65.9 Å². The molecule has 0 rings (SSSR count). The number of hydrogen-bond donors (Lipinski definition) is 6. The van der Waals surface area contributed by atoms with E-state index in [2.05, 4.69) is 87.1 Å². The Morgan fingerprint density at radius 2 is 0.613 bits per heavy atom. The van der Waals surface area contributed by atoms with Crippen LogP contribution in [0, 0.1) is 0 Å². The van der Waals surface area contributed by atoms with Crippen molar-refractivity contribution in [3.63, 3.8) is 0 Å². The van der Waals surface area contributed by atoms with Crippen LogP contribution < -0.4 is 21.3 Å². The van der Waals surface area contributed by atoms with Gasteiger partial charge >= 0.3 is 27.6 Å². The maximum Gasteiger partial charge on any atom is 0.472 e. The number of phosphoric acid groups is 2. The van der Waals surface area contributed by atoms with Gasteiger partial charge in [0.2, 0.25) is 23.6 Å². The Morgan fingerprint density at radius 3 is 0.946 bits per heavy atom. The Bertz CT molecular complexity index is 2330. The molecule has 4 amide bonds. The monoisotopic (exact) mass is 1620 g/mol. The number of carbonyl (C=O) groups excluding carboxylic acids is 8. The summed E-state index contributed by atoms with van der Waals surface area (Å²) in [5.74, 6) is -3.82. The molecule has 0 aromatic carbocycles. The highest BCUT2D eigenvalue weighted by atomic mass is 31.2. The topological polar surface area (TPSA) is 333 Å². The van der Waals surface area contributed by atoms with Gasteiger partial charge in [-0.2, -0.15) is 0 Å². The lowest BCUT2D eigenvalue weighted by atomic mass is 10.0. The molecule has 6 N–H and O–H groups in total. The van der Waals surface area contributed by atoms with E-state index in [-0.39, 0.29) is 75.9 Å². The minimum Gasteiger partial charge on any atom is -0.462 e. The number of nitrogens with one attached hydrogen (secondary N) is 4. The molecule has 0 bridgehead atoms. The van der Waals surface area contributed by atoms with Crippen molar-refractivity contribution in [3.8, 4) is 0 Å². The number of allylic oxidation sites excluding steroid dienone is 4. The number of amides is 4. The fourth-order valence-corrected chi connectivity index (χ4v) is 14.0. The van der Waals surface area contributed by atoms with E-state index in [1.54, 1.807) is 0 Å². The van der Waals surface area contributed by atoms with E-state index < -0.39 is 109 Å². The molecule has 0 fully saturated rings. The predicted octanol–water partition coefficient (Wildman–Crippen LogP) is 19.4. The zero-order valence-corrected chi connectivity index (χ0v) is 72.1. The minimum absolute atomic E-state index is 0.130. The van der Waals surface area contributed by atoms with Crippen molar-refractivity contribution in [3.05, 3.63) is 24.3 Å². The van der Waals surface area contributed by atoms with Gasteiger partial charge in [0, 0.05) is 51.6 Å². The smallest absolute Gasteiger partial charge is 0.462 e. The Balaban J connectivity index is 5.66. The van der Waals surface area contributed by atoms with Gasteiger partial charge < -0.3 is 50.0 Å². The normalized spacial score (nSPS) is 13.8. The molecular formula is C85H158N4O20P2. The lowest BCUT2D eigenvalue weighted by Gasteiger charge is -2.22. The van der Waals surface area contributed by atoms with Gasteiger partial charge in [0.05, 0.1) is 77.8 Å². The van der Waals surface area contributed by atoms with Crippen molar-refractivity contribution >= 4 is 62.8 Å². The highest BCUT2D eigenvalue weighted by Crippen LogP contribution is 2.44. The van der Waals surface area contributed by atoms with Gasteiger partial charge in [-0.1, -0.05) is 258 Å². The van der Waals surface area contributed by atoms with Gasteiger partial charge in [-0.3, -0.25) is 56.5 Å². The van der Waals surface area contributed by atoms with Crippen LogP contribution >= 0.6 is 15.6 Å². The molecule has 2 unspecified atom stereocenters. The van der Waals surface area contributed by atoms with Crippen molar-refractivity contribution in [1.82, 2.24) is 21.3 Å². The first-order chi connectivity index (χ1) is 53.7. The van der Waals surface area contributed by atoms with Gasteiger partial charge in [-0.25, -0.2) is 9.13 Å². The first-order valence-corrected chi connectivity index (χ1v) is 46.9. The summed E-state index contributed by atoms with van der Waals surface area (Å²) in [4.78, 5) is 125. The van der Waals surface area contributed by atoms with Crippen LogP contribution in [0.15, 0.2) is 24.3 Å². The molecule has 0 aliphatic heterocycles. The molecule has 0 saturated carbocycles. The molecule has 0 aromatic rings. The molecule has 0 heterocycles. The number of ether oxygens (including phenoxy) is 4. The summed E-state index contributed by atoms with van der Waals surface area (Å²) < 4.78 is 71.0. The Labute approximate surface area is 671 Å². The molecule has 6 atom stereocenters. The van der Waals surface area contributed by atoms with Crippen molar-refractivity contribution in [2.45, 2.75) is 406 Å². The van der Waals surface area contributed by atoms with Crippen LogP contribution in [0.4, 0.5) is 0 Å². The average molecular weight is 1620 g/mol. The second kappa shape index (κ2) is 77.0. The lowest BCUT2D eigenvalue weighted by Crippen LogP contribution is -2.42.